The van der Waals surface area contributed by atoms with Crippen molar-refractivity contribution in [3.63, 3.8) is 0 Å². The molecule has 10 heteroatoms. The molecule has 38 heavy (non-hydrogen) atoms. The van der Waals surface area contributed by atoms with Crippen molar-refractivity contribution in [2.45, 2.75) is 68.6 Å². The van der Waals surface area contributed by atoms with Gasteiger partial charge >= 0.3 is 0 Å². The van der Waals surface area contributed by atoms with Crippen molar-refractivity contribution < 1.29 is 39.9 Å². The monoisotopic (exact) mass is 526 g/mol. The summed E-state index contributed by atoms with van der Waals surface area (Å²) < 4.78 is 0. The van der Waals surface area contributed by atoms with Gasteiger partial charge in [0, 0.05) is 17.1 Å². The van der Waals surface area contributed by atoms with Gasteiger partial charge in [0.2, 0.25) is 5.78 Å². The average molecular weight is 527 g/mol. The predicted octanol–water partition coefficient (Wildman–Crippen LogP) is 1.48. The van der Waals surface area contributed by atoms with Crippen LogP contribution >= 0.6 is 0 Å². The molecule has 10 nitrogen and oxygen atoms in total. The second-order valence-electron chi connectivity index (χ2n) is 11.7. The molecule has 1 amide bonds. The van der Waals surface area contributed by atoms with Crippen molar-refractivity contribution in [1.29, 1.82) is 0 Å². The summed E-state index contributed by atoms with van der Waals surface area (Å²) in [6.45, 7) is 3.76. The number of likely N-dealkylation sites (N-methyl/N-ethyl adjacent to an activating group) is 1. The van der Waals surface area contributed by atoms with E-state index in [1.807, 2.05) is 13.0 Å². The Balaban J connectivity index is 1.76. The molecule has 1 fully saturated rings. The van der Waals surface area contributed by atoms with Crippen LogP contribution in [0.4, 0.5) is 0 Å². The Hall–Kier alpha value is -3.21. The predicted molar refractivity (Wildman–Crippen MR) is 136 cm³/mol. The lowest BCUT2D eigenvalue weighted by atomic mass is 9.55. The highest BCUT2D eigenvalue weighted by atomic mass is 16.4. The molecule has 0 bridgehead atoms. The summed E-state index contributed by atoms with van der Waals surface area (Å²) in [7, 11) is 3.01. The maximum Gasteiger partial charge on any atom is 0.255 e. The van der Waals surface area contributed by atoms with Gasteiger partial charge in [0.15, 0.2) is 11.4 Å². The van der Waals surface area contributed by atoms with Gasteiger partial charge in [0.1, 0.15) is 22.8 Å². The quantitative estimate of drug-likeness (QED) is 0.318. The molecular formula is C28H34N2O8. The van der Waals surface area contributed by atoms with Crippen LogP contribution in [-0.4, -0.2) is 79.7 Å². The van der Waals surface area contributed by atoms with Crippen LogP contribution in [0.2, 0.25) is 0 Å². The smallest absolute Gasteiger partial charge is 0.255 e. The van der Waals surface area contributed by atoms with Crippen molar-refractivity contribution in [2.75, 3.05) is 14.1 Å². The van der Waals surface area contributed by atoms with Crippen molar-refractivity contribution in [3.8, 4) is 5.75 Å². The summed E-state index contributed by atoms with van der Waals surface area (Å²) in [5, 5.41) is 57.2. The number of hydrogen-bond acceptors (Lipinski definition) is 9. The van der Waals surface area contributed by atoms with Crippen LogP contribution in [0.15, 0.2) is 34.8 Å². The van der Waals surface area contributed by atoms with Gasteiger partial charge in [-0.2, -0.15) is 0 Å². The van der Waals surface area contributed by atoms with E-state index < -0.39 is 75.6 Å². The Morgan fingerprint density at radius 2 is 1.71 bits per heavy atom. The number of aliphatic hydroxyl groups excluding tert-OH is 3. The van der Waals surface area contributed by atoms with Crippen LogP contribution in [0.3, 0.4) is 0 Å². The van der Waals surface area contributed by atoms with E-state index in [1.54, 1.807) is 13.0 Å². The highest BCUT2D eigenvalue weighted by Gasteiger charge is 2.67. The molecule has 0 aliphatic heterocycles. The number of phenols is 1. The van der Waals surface area contributed by atoms with Gasteiger partial charge < -0.3 is 31.3 Å². The molecule has 6 atom stereocenters. The van der Waals surface area contributed by atoms with Crippen LogP contribution < -0.4 is 5.73 Å². The van der Waals surface area contributed by atoms with Crippen molar-refractivity contribution in [2.24, 2.45) is 17.6 Å². The number of ketones is 2. The summed E-state index contributed by atoms with van der Waals surface area (Å²) in [6.07, 6.45) is 2.06. The molecule has 1 aromatic rings. The van der Waals surface area contributed by atoms with E-state index in [0.717, 1.165) is 25.7 Å². The number of rotatable bonds is 3. The Labute approximate surface area is 220 Å². The first kappa shape index (κ1) is 26.4. The molecule has 0 saturated heterocycles. The molecule has 0 heterocycles. The Bertz CT molecular complexity index is 1340. The number of hydrogen-bond donors (Lipinski definition) is 6. The van der Waals surface area contributed by atoms with E-state index in [-0.39, 0.29) is 16.7 Å². The first-order valence-corrected chi connectivity index (χ1v) is 12.9. The fraction of sp³-hybridized carbons (Fsp3) is 0.536. The molecule has 0 spiro atoms. The second-order valence-corrected chi connectivity index (χ2v) is 11.7. The average Bonchev–Trinajstić information content (AvgIpc) is 3.28. The lowest BCUT2D eigenvalue weighted by Crippen LogP contribution is -2.68. The third-order valence-electron chi connectivity index (χ3n) is 9.49. The van der Waals surface area contributed by atoms with Gasteiger partial charge in [-0.05, 0) is 43.8 Å². The number of carbonyl (C=O) groups is 3. The number of nitrogens with zero attached hydrogens (tertiary/aromatic N) is 1. The number of carbonyl (C=O) groups excluding carboxylic acids is 3. The third kappa shape index (κ3) is 3.14. The van der Waals surface area contributed by atoms with E-state index in [1.165, 1.54) is 19.0 Å². The van der Waals surface area contributed by atoms with Crippen molar-refractivity contribution in [3.05, 3.63) is 51.5 Å². The normalized spacial score (nSPS) is 34.3. The molecule has 4 unspecified atom stereocenters. The van der Waals surface area contributed by atoms with Crippen LogP contribution in [0.5, 0.6) is 5.75 Å². The van der Waals surface area contributed by atoms with Crippen molar-refractivity contribution >= 4 is 17.5 Å². The van der Waals surface area contributed by atoms with Crippen molar-refractivity contribution in [1.82, 2.24) is 4.90 Å². The number of amides is 1. The summed E-state index contributed by atoms with van der Waals surface area (Å²) in [4.78, 5) is 41.0. The number of Topliss-reactive ketones (excluding diaryl/α,β-unsaturated/α-hetero) is 2. The molecule has 7 N–H and O–H groups in total. The van der Waals surface area contributed by atoms with E-state index in [4.69, 9.17) is 5.73 Å². The van der Waals surface area contributed by atoms with Gasteiger partial charge in [0.05, 0.1) is 23.6 Å². The number of fused-ring (bicyclic) bond motifs is 3. The highest BCUT2D eigenvalue weighted by Crippen LogP contribution is 2.56. The van der Waals surface area contributed by atoms with Crippen LogP contribution in [0.25, 0.3) is 0 Å². The number of aromatic hydroxyl groups is 1. The largest absolute Gasteiger partial charge is 0.510 e. The van der Waals surface area contributed by atoms with E-state index in [9.17, 15) is 39.9 Å². The molecule has 5 rings (SSSR count). The molecular weight excluding hydrogens is 492 g/mol. The topological polar surface area (TPSA) is 182 Å². The lowest BCUT2D eigenvalue weighted by molar-refractivity contribution is -0.162. The number of aliphatic hydroxyl groups is 4. The summed E-state index contributed by atoms with van der Waals surface area (Å²) in [5.41, 5.74) is 1.88. The molecule has 4 aliphatic rings. The fourth-order valence-corrected chi connectivity index (χ4v) is 7.53. The highest BCUT2D eigenvalue weighted by molar-refractivity contribution is 6.25. The van der Waals surface area contributed by atoms with Gasteiger partial charge in [-0.1, -0.05) is 38.8 Å². The first-order chi connectivity index (χ1) is 17.7. The lowest BCUT2D eigenvalue weighted by Gasteiger charge is -2.53. The maximum absolute atomic E-state index is 14.0. The van der Waals surface area contributed by atoms with Gasteiger partial charge in [-0.15, -0.1) is 0 Å². The molecule has 4 aliphatic carbocycles. The Morgan fingerprint density at radius 1 is 1.11 bits per heavy atom. The third-order valence-corrected chi connectivity index (χ3v) is 9.49. The molecule has 1 saturated carbocycles. The van der Waals surface area contributed by atoms with Gasteiger partial charge in [0.25, 0.3) is 5.91 Å². The number of primary amides is 1. The fourth-order valence-electron chi connectivity index (χ4n) is 7.53. The summed E-state index contributed by atoms with van der Waals surface area (Å²) >= 11 is 0. The summed E-state index contributed by atoms with van der Waals surface area (Å²) in [5.74, 6) is -8.65. The SMILES string of the molecule is CC1c2ccc(C3(C)CCCC3)c(O)c2C(=O)C2=C(O)[C@]3(O)C(=O)C(C(N)=O)=C(O)[C@@H](N(C)C)C3C(O)C21. The minimum Gasteiger partial charge on any atom is -0.510 e. The number of phenolic OH excluding ortho intramolecular Hbond substituents is 1. The zero-order valence-electron chi connectivity index (χ0n) is 21.9. The minimum atomic E-state index is -2.91. The molecule has 0 radical (unpaired) electrons. The Kier molecular flexibility index (Phi) is 5.83. The van der Waals surface area contributed by atoms with Crippen LogP contribution in [-0.2, 0) is 15.0 Å². The van der Waals surface area contributed by atoms with Crippen LogP contribution in [0, 0.1) is 11.8 Å². The molecule has 1 aromatic carbocycles. The van der Waals surface area contributed by atoms with Gasteiger partial charge in [-0.3, -0.25) is 19.3 Å². The zero-order valence-corrected chi connectivity index (χ0v) is 21.9. The number of benzene rings is 1. The summed E-state index contributed by atoms with van der Waals surface area (Å²) in [6, 6.07) is 2.29. The maximum atomic E-state index is 14.0. The van der Waals surface area contributed by atoms with E-state index >= 15 is 0 Å². The van der Waals surface area contributed by atoms with E-state index in [2.05, 4.69) is 0 Å². The second kappa shape index (κ2) is 8.39. The standard InChI is InChI=1S/C28H34N2O8/c1-11-12-7-8-13(27(2)9-5-6-10-27)20(31)15(12)21(32)16-14(11)22(33)18-19(30(3)4)23(34)17(26(29)37)25(36)28(18,38)24(16)35/h7-8,11,14,18-19,22,31,33-35,38H,5-6,9-10H2,1-4H3,(H2,29,37)/t11?,14?,18?,19-,22?,28-/m0/s1. The van der Waals surface area contributed by atoms with Crippen LogP contribution in [0.1, 0.15) is 66.9 Å². The molecule has 0 aromatic heterocycles. The van der Waals surface area contributed by atoms with E-state index in [0.29, 0.717) is 11.1 Å². The zero-order chi connectivity index (χ0) is 28.1. The first-order valence-electron chi connectivity index (χ1n) is 12.9. The minimum absolute atomic E-state index is 0.0314. The van der Waals surface area contributed by atoms with Gasteiger partial charge in [-0.25, -0.2) is 0 Å². The molecule has 204 valence electrons. The number of nitrogens with two attached hydrogens (primary N) is 1. The Morgan fingerprint density at radius 3 is 2.26 bits per heavy atom.